The molecule has 0 saturated heterocycles. The first kappa shape index (κ1) is 30.3. The van der Waals surface area contributed by atoms with Crippen molar-refractivity contribution < 1.29 is 37.4 Å². The minimum atomic E-state index is -4.32. The van der Waals surface area contributed by atoms with E-state index in [0.29, 0.717) is 49.4 Å². The molecule has 2 rings (SSSR count). The van der Waals surface area contributed by atoms with Crippen LogP contribution in [0.25, 0.3) is 0 Å². The summed E-state index contributed by atoms with van der Waals surface area (Å²) in [7, 11) is -4.32. The van der Waals surface area contributed by atoms with E-state index >= 15 is 0 Å². The Balaban J connectivity index is 2.65. The number of carbonyl (C=O) groups is 1. The first-order valence-electron chi connectivity index (χ1n) is 12.6. The highest BCUT2D eigenvalue weighted by Gasteiger charge is 2.48. The van der Waals surface area contributed by atoms with Crippen LogP contribution in [0.4, 0.5) is 0 Å². The lowest BCUT2D eigenvalue weighted by Gasteiger charge is -2.32. The highest BCUT2D eigenvalue weighted by atomic mass is 31.2. The lowest BCUT2D eigenvalue weighted by atomic mass is 10.00. The molecule has 10 heteroatoms. The van der Waals surface area contributed by atoms with Gasteiger partial charge in [-0.05, 0) is 64.8 Å². The predicted molar refractivity (Wildman–Crippen MR) is 144 cm³/mol. The van der Waals surface area contributed by atoms with Gasteiger partial charge in [0.25, 0.3) is 0 Å². The molecule has 2 aromatic rings. The third-order valence-corrected chi connectivity index (χ3v) is 7.69. The summed E-state index contributed by atoms with van der Waals surface area (Å²) in [5, 5.41) is 0. The second kappa shape index (κ2) is 14.1. The summed E-state index contributed by atoms with van der Waals surface area (Å²) in [5.41, 5.74) is 5.17. The van der Waals surface area contributed by atoms with Gasteiger partial charge >= 0.3 is 7.60 Å². The maximum Gasteiger partial charge on any atom is 0.443 e. The van der Waals surface area contributed by atoms with Crippen LogP contribution >= 0.6 is 7.60 Å². The van der Waals surface area contributed by atoms with Crippen LogP contribution in [0.1, 0.15) is 48.5 Å². The largest absolute Gasteiger partial charge is 0.494 e. The molecular weight excluding hydrogens is 497 g/mol. The Morgan fingerprint density at radius 1 is 0.757 bits per heavy atom. The molecule has 0 amide bonds. The maximum atomic E-state index is 14.7. The number of carbonyl (C=O) groups excluding carboxylic acids is 1. The monoisotopic (exact) mass is 537 g/mol. The van der Waals surface area contributed by atoms with Crippen molar-refractivity contribution in [3.8, 4) is 34.5 Å². The molecule has 2 unspecified atom stereocenters. The van der Waals surface area contributed by atoms with E-state index in [-0.39, 0.29) is 17.4 Å². The van der Waals surface area contributed by atoms with E-state index in [2.05, 4.69) is 0 Å². The quantitative estimate of drug-likeness (QED) is 0.262. The van der Waals surface area contributed by atoms with Crippen LogP contribution < -0.4 is 33.7 Å². The molecule has 206 valence electrons. The van der Waals surface area contributed by atoms with Crippen molar-refractivity contribution in [3.63, 3.8) is 0 Å². The Labute approximate surface area is 220 Å². The number of nitrogens with two attached hydrogens (primary N) is 1. The van der Waals surface area contributed by atoms with Gasteiger partial charge < -0.3 is 33.7 Å². The van der Waals surface area contributed by atoms with Gasteiger partial charge in [0.2, 0.25) is 0 Å². The van der Waals surface area contributed by atoms with Gasteiger partial charge in [-0.2, -0.15) is 0 Å². The van der Waals surface area contributed by atoms with Gasteiger partial charge in [-0.3, -0.25) is 4.79 Å². The highest BCUT2D eigenvalue weighted by molar-refractivity contribution is 7.56. The van der Waals surface area contributed by atoms with E-state index in [9.17, 15) is 9.36 Å². The molecular formula is C27H40NO8P. The lowest BCUT2D eigenvalue weighted by molar-refractivity contribution is -0.117. The molecule has 0 fully saturated rings. The first-order chi connectivity index (χ1) is 17.6. The van der Waals surface area contributed by atoms with Crippen LogP contribution in [0.5, 0.6) is 34.5 Å². The van der Waals surface area contributed by atoms with Crippen molar-refractivity contribution in [2.24, 2.45) is 11.7 Å². The number of Topliss-reactive ketones (excluding diaryl/α,β-unsaturated/α-hetero) is 1. The summed E-state index contributed by atoms with van der Waals surface area (Å²) in [6.07, 6.45) is 0. The molecule has 0 heterocycles. The zero-order valence-electron chi connectivity index (χ0n) is 22.8. The average molecular weight is 538 g/mol. The Morgan fingerprint density at radius 3 is 1.49 bits per heavy atom. The molecule has 2 atom stereocenters. The van der Waals surface area contributed by atoms with Gasteiger partial charge in [-0.25, -0.2) is 4.57 Å². The standard InChI is InChI=1S/C27H40NO8P/c1-8-31-20-12-14-22(24(16-20)33-10-3)35-37(30,27(19(7)29)26(28)18(5)6)36-23-15-13-21(32-9-2)17-25(23)34-11-4/h12-18,26-27H,8-11,28H2,1-7H3. The van der Waals surface area contributed by atoms with E-state index < -0.39 is 25.1 Å². The van der Waals surface area contributed by atoms with E-state index in [1.807, 2.05) is 41.5 Å². The van der Waals surface area contributed by atoms with E-state index in [1.54, 1.807) is 36.4 Å². The van der Waals surface area contributed by atoms with Crippen LogP contribution in [-0.4, -0.2) is 43.9 Å². The third-order valence-electron chi connectivity index (χ3n) is 5.39. The second-order valence-electron chi connectivity index (χ2n) is 8.55. The van der Waals surface area contributed by atoms with Crippen LogP contribution in [0.3, 0.4) is 0 Å². The van der Waals surface area contributed by atoms with Crippen LogP contribution in [0.2, 0.25) is 0 Å². The van der Waals surface area contributed by atoms with Crippen molar-refractivity contribution in [2.75, 3.05) is 26.4 Å². The summed E-state index contributed by atoms with van der Waals surface area (Å²) in [5.74, 6) is 1.39. The molecule has 0 bridgehead atoms. The molecule has 2 aromatic carbocycles. The molecule has 0 aliphatic carbocycles. The molecule has 37 heavy (non-hydrogen) atoms. The second-order valence-corrected chi connectivity index (χ2v) is 10.5. The summed E-state index contributed by atoms with van der Waals surface area (Å²) in [6, 6.07) is 8.95. The number of ketones is 1. The van der Waals surface area contributed by atoms with Crippen molar-refractivity contribution in [1.29, 1.82) is 0 Å². The molecule has 2 N–H and O–H groups in total. The number of ether oxygens (including phenoxy) is 4. The maximum absolute atomic E-state index is 14.7. The van der Waals surface area contributed by atoms with Gasteiger partial charge in [0.05, 0.1) is 26.4 Å². The number of rotatable bonds is 16. The normalized spacial score (nSPS) is 13.0. The van der Waals surface area contributed by atoms with Crippen molar-refractivity contribution >= 4 is 13.4 Å². The molecule has 0 radical (unpaired) electrons. The molecule has 9 nitrogen and oxygen atoms in total. The van der Waals surface area contributed by atoms with E-state index in [4.69, 9.17) is 33.7 Å². The summed E-state index contributed by atoms with van der Waals surface area (Å²) >= 11 is 0. The average Bonchev–Trinajstić information content (AvgIpc) is 2.83. The Morgan fingerprint density at radius 2 is 1.16 bits per heavy atom. The molecule has 0 saturated carbocycles. The first-order valence-corrected chi connectivity index (χ1v) is 14.2. The van der Waals surface area contributed by atoms with Gasteiger partial charge in [0, 0.05) is 18.2 Å². The SMILES string of the molecule is CCOc1ccc(OP(=O)(Oc2ccc(OCC)cc2OCC)C(C(C)=O)C(N)C(C)C)c(OCC)c1. The molecule has 0 spiro atoms. The van der Waals surface area contributed by atoms with Crippen LogP contribution in [-0.2, 0) is 9.36 Å². The minimum Gasteiger partial charge on any atom is -0.494 e. The third kappa shape index (κ3) is 8.04. The fourth-order valence-electron chi connectivity index (χ4n) is 3.65. The topological polar surface area (TPSA) is 116 Å². The smallest absolute Gasteiger partial charge is 0.443 e. The molecule has 0 aliphatic rings. The summed E-state index contributed by atoms with van der Waals surface area (Å²) in [4.78, 5) is 12.9. The Bertz CT molecular complexity index is 1010. The van der Waals surface area contributed by atoms with Gasteiger partial charge in [0.1, 0.15) is 17.3 Å². The van der Waals surface area contributed by atoms with E-state index in [0.717, 1.165) is 0 Å². The van der Waals surface area contributed by atoms with Crippen LogP contribution in [0, 0.1) is 5.92 Å². The predicted octanol–water partition coefficient (Wildman–Crippen LogP) is 5.87. The van der Waals surface area contributed by atoms with Gasteiger partial charge in [0.15, 0.2) is 28.7 Å². The van der Waals surface area contributed by atoms with Crippen molar-refractivity contribution in [2.45, 2.75) is 60.2 Å². The van der Waals surface area contributed by atoms with Crippen molar-refractivity contribution in [1.82, 2.24) is 0 Å². The summed E-state index contributed by atoms with van der Waals surface area (Å²) in [6.45, 7) is 13.9. The van der Waals surface area contributed by atoms with Crippen LogP contribution in [0.15, 0.2) is 36.4 Å². The zero-order chi connectivity index (χ0) is 27.6. The highest BCUT2D eigenvalue weighted by Crippen LogP contribution is 2.57. The fourth-order valence-corrected chi connectivity index (χ4v) is 5.98. The number of hydrogen-bond donors (Lipinski definition) is 1. The van der Waals surface area contributed by atoms with Crippen molar-refractivity contribution in [3.05, 3.63) is 36.4 Å². The molecule has 0 aliphatic heterocycles. The van der Waals surface area contributed by atoms with Gasteiger partial charge in [-0.15, -0.1) is 0 Å². The molecule has 0 aromatic heterocycles. The number of benzene rings is 2. The zero-order valence-corrected chi connectivity index (χ0v) is 23.7. The summed E-state index contributed by atoms with van der Waals surface area (Å²) < 4.78 is 49.4. The number of hydrogen-bond acceptors (Lipinski definition) is 9. The van der Waals surface area contributed by atoms with Gasteiger partial charge in [-0.1, -0.05) is 13.8 Å². The lowest BCUT2D eigenvalue weighted by Crippen LogP contribution is -2.44. The van der Waals surface area contributed by atoms with E-state index in [1.165, 1.54) is 6.92 Å². The Kier molecular flexibility index (Phi) is 11.6. The Hall–Kier alpha value is -2.90. The fraction of sp³-hybridized carbons (Fsp3) is 0.519. The minimum absolute atomic E-state index is 0.139.